The lowest BCUT2D eigenvalue weighted by Gasteiger charge is -2.34. The molecule has 3 aromatic rings. The quantitative estimate of drug-likeness (QED) is 0.438. The van der Waals surface area contributed by atoms with Crippen LogP contribution in [0.3, 0.4) is 0 Å². The number of nitrogens with one attached hydrogen (secondary N) is 1. The first kappa shape index (κ1) is 22.3. The van der Waals surface area contributed by atoms with Crippen molar-refractivity contribution in [1.29, 1.82) is 0 Å². The van der Waals surface area contributed by atoms with Crippen molar-refractivity contribution in [2.45, 2.75) is 31.1 Å². The van der Waals surface area contributed by atoms with Crippen molar-refractivity contribution in [1.82, 2.24) is 10.2 Å². The fraction of sp³-hybridized carbons (Fsp3) is 0.269. The third-order valence-electron chi connectivity index (χ3n) is 6.74. The Kier molecular flexibility index (Phi) is 5.26. The van der Waals surface area contributed by atoms with E-state index in [4.69, 9.17) is 4.74 Å². The maximum absolute atomic E-state index is 15.3. The Balaban J connectivity index is 1.80. The number of methoxy groups -OCH3 is 1. The number of halogens is 4. The molecule has 2 aliphatic rings. The van der Waals surface area contributed by atoms with E-state index in [1.54, 1.807) is 11.0 Å². The summed E-state index contributed by atoms with van der Waals surface area (Å²) < 4.78 is 61.5. The van der Waals surface area contributed by atoms with E-state index in [9.17, 15) is 18.0 Å². The highest BCUT2D eigenvalue weighted by molar-refractivity contribution is 5.81. The number of benzene rings is 3. The second-order valence-electron chi connectivity index (χ2n) is 8.67. The van der Waals surface area contributed by atoms with Crippen molar-refractivity contribution in [2.24, 2.45) is 0 Å². The molecule has 3 unspecified atom stereocenters. The second-order valence-corrected chi connectivity index (χ2v) is 8.67. The largest absolute Gasteiger partial charge is 0.496 e. The third-order valence-corrected chi connectivity index (χ3v) is 6.74. The standard InChI is InChI=1S/C26H22F4N2O2/c1-14-18-11-20(23(34-2)12-21(18)27)17-9-8-16(26(28,29)30)10-19(17)22-13-32(25(33)31-22)24(14)15-6-4-3-5-7-15/h3-12,14,22,24H,13H2,1-2H3,(H,31,33). The Morgan fingerprint density at radius 2 is 1.74 bits per heavy atom. The zero-order chi connectivity index (χ0) is 24.2. The maximum Gasteiger partial charge on any atom is 0.416 e. The van der Waals surface area contributed by atoms with E-state index in [0.717, 1.165) is 17.7 Å². The van der Waals surface area contributed by atoms with Gasteiger partial charge in [0.25, 0.3) is 0 Å². The van der Waals surface area contributed by atoms with Gasteiger partial charge >= 0.3 is 12.2 Å². The van der Waals surface area contributed by atoms with Crippen LogP contribution < -0.4 is 10.1 Å². The van der Waals surface area contributed by atoms with E-state index < -0.39 is 41.6 Å². The minimum Gasteiger partial charge on any atom is -0.496 e. The van der Waals surface area contributed by atoms with Gasteiger partial charge in [-0.15, -0.1) is 0 Å². The molecule has 0 aromatic heterocycles. The molecule has 0 saturated carbocycles. The van der Waals surface area contributed by atoms with E-state index >= 15 is 4.39 Å². The van der Waals surface area contributed by atoms with Crippen LogP contribution in [0.1, 0.15) is 47.2 Å². The zero-order valence-corrected chi connectivity index (χ0v) is 18.5. The van der Waals surface area contributed by atoms with Gasteiger partial charge in [-0.05, 0) is 40.5 Å². The first-order valence-electron chi connectivity index (χ1n) is 10.9. The molecular formula is C26H22F4N2O2. The van der Waals surface area contributed by atoms with Gasteiger partial charge in [0.1, 0.15) is 11.6 Å². The molecule has 2 heterocycles. The summed E-state index contributed by atoms with van der Waals surface area (Å²) in [5.74, 6) is -0.723. The van der Waals surface area contributed by atoms with E-state index in [1.807, 2.05) is 37.3 Å². The number of hydrogen-bond donors (Lipinski definition) is 1. The van der Waals surface area contributed by atoms with Crippen molar-refractivity contribution in [3.63, 3.8) is 0 Å². The fourth-order valence-corrected chi connectivity index (χ4v) is 5.10. The second kappa shape index (κ2) is 8.04. The van der Waals surface area contributed by atoms with Crippen LogP contribution in [0.5, 0.6) is 5.75 Å². The molecule has 2 aliphatic heterocycles. The summed E-state index contributed by atoms with van der Waals surface area (Å²) in [4.78, 5) is 14.7. The van der Waals surface area contributed by atoms with Crippen molar-refractivity contribution >= 4 is 6.03 Å². The predicted octanol–water partition coefficient (Wildman–Crippen LogP) is 6.44. The lowest BCUT2D eigenvalue weighted by molar-refractivity contribution is -0.137. The van der Waals surface area contributed by atoms with Gasteiger partial charge in [-0.2, -0.15) is 13.2 Å². The smallest absolute Gasteiger partial charge is 0.416 e. The number of urea groups is 1. The first-order valence-corrected chi connectivity index (χ1v) is 10.9. The molecule has 3 atom stereocenters. The summed E-state index contributed by atoms with van der Waals surface area (Å²) >= 11 is 0. The van der Waals surface area contributed by atoms with E-state index in [2.05, 4.69) is 5.32 Å². The number of ether oxygens (including phenoxy) is 1. The summed E-state index contributed by atoms with van der Waals surface area (Å²) in [6.07, 6.45) is -4.55. The number of carbonyl (C=O) groups is 1. The average molecular weight is 470 g/mol. The van der Waals surface area contributed by atoms with Crippen LogP contribution in [0.4, 0.5) is 22.4 Å². The molecule has 0 spiro atoms. The highest BCUT2D eigenvalue weighted by Crippen LogP contribution is 2.47. The molecule has 1 saturated heterocycles. The van der Waals surface area contributed by atoms with Crippen LogP contribution in [-0.2, 0) is 6.18 Å². The summed E-state index contributed by atoms with van der Waals surface area (Å²) in [6.45, 7) is 1.99. The monoisotopic (exact) mass is 470 g/mol. The topological polar surface area (TPSA) is 41.6 Å². The van der Waals surface area contributed by atoms with Gasteiger partial charge in [-0.25, -0.2) is 9.18 Å². The molecule has 3 aromatic carbocycles. The summed E-state index contributed by atoms with van der Waals surface area (Å²) in [7, 11) is 1.39. The van der Waals surface area contributed by atoms with Gasteiger partial charge in [0.15, 0.2) is 0 Å². The minimum absolute atomic E-state index is 0.144. The normalized spacial score (nSPS) is 21.6. The SMILES string of the molecule is COc1cc(F)c2cc1-c1ccc(C(F)(F)F)cc1C1CN(C(=O)N1)C(c1ccccc1)C2C. The van der Waals surface area contributed by atoms with Crippen LogP contribution in [0.25, 0.3) is 11.1 Å². The number of alkyl halides is 3. The van der Waals surface area contributed by atoms with Crippen LogP contribution >= 0.6 is 0 Å². The third kappa shape index (κ3) is 3.57. The van der Waals surface area contributed by atoms with Gasteiger partial charge in [-0.3, -0.25) is 0 Å². The Morgan fingerprint density at radius 1 is 1.00 bits per heavy atom. The average Bonchev–Trinajstić information content (AvgIpc) is 3.19. The molecule has 176 valence electrons. The van der Waals surface area contributed by atoms with Gasteiger partial charge in [0.2, 0.25) is 0 Å². The molecule has 0 radical (unpaired) electrons. The lowest BCUT2D eigenvalue weighted by atomic mass is 9.83. The molecule has 4 bridgehead atoms. The lowest BCUT2D eigenvalue weighted by Crippen LogP contribution is -2.35. The fourth-order valence-electron chi connectivity index (χ4n) is 5.10. The van der Waals surface area contributed by atoms with Gasteiger partial charge in [-0.1, -0.05) is 43.3 Å². The van der Waals surface area contributed by atoms with Crippen LogP contribution in [0, 0.1) is 5.82 Å². The molecule has 4 nitrogen and oxygen atoms in total. The molecule has 34 heavy (non-hydrogen) atoms. The Morgan fingerprint density at radius 3 is 2.41 bits per heavy atom. The van der Waals surface area contributed by atoms with Crippen molar-refractivity contribution in [3.05, 3.63) is 88.7 Å². The summed E-state index contributed by atoms with van der Waals surface area (Å²) in [5, 5.41) is 2.85. The van der Waals surface area contributed by atoms with Crippen molar-refractivity contribution in [2.75, 3.05) is 13.7 Å². The molecule has 8 heteroatoms. The molecular weight excluding hydrogens is 448 g/mol. The molecule has 1 N–H and O–H groups in total. The van der Waals surface area contributed by atoms with Gasteiger partial charge in [0, 0.05) is 24.1 Å². The van der Waals surface area contributed by atoms with Gasteiger partial charge < -0.3 is 15.0 Å². The molecule has 1 fully saturated rings. The van der Waals surface area contributed by atoms with Crippen molar-refractivity contribution in [3.8, 4) is 16.9 Å². The highest BCUT2D eigenvalue weighted by Gasteiger charge is 2.42. The van der Waals surface area contributed by atoms with Crippen molar-refractivity contribution < 1.29 is 27.1 Å². The summed E-state index contributed by atoms with van der Waals surface area (Å²) in [6, 6.07) is 14.0. The molecule has 0 aliphatic carbocycles. The van der Waals surface area contributed by atoms with Crippen LogP contribution in [0.15, 0.2) is 60.7 Å². The van der Waals surface area contributed by atoms with Crippen LogP contribution in [-0.4, -0.2) is 24.6 Å². The Labute approximate surface area is 194 Å². The number of rotatable bonds is 2. The first-order chi connectivity index (χ1) is 16.2. The molecule has 5 rings (SSSR count). The number of nitrogens with zero attached hydrogens (tertiary/aromatic N) is 1. The van der Waals surface area contributed by atoms with Crippen LogP contribution in [0.2, 0.25) is 0 Å². The van der Waals surface area contributed by atoms with E-state index in [0.29, 0.717) is 22.3 Å². The minimum atomic E-state index is -4.55. The maximum atomic E-state index is 15.3. The van der Waals surface area contributed by atoms with E-state index in [-0.39, 0.29) is 12.3 Å². The number of fused-ring (bicyclic) bond motifs is 7. The highest BCUT2D eigenvalue weighted by atomic mass is 19.4. The number of carbonyl (C=O) groups excluding carboxylic acids is 1. The van der Waals surface area contributed by atoms with E-state index in [1.165, 1.54) is 19.2 Å². The Hall–Kier alpha value is -3.55. The van der Waals surface area contributed by atoms with Gasteiger partial charge in [0.05, 0.1) is 24.8 Å². The zero-order valence-electron chi connectivity index (χ0n) is 18.5. The predicted molar refractivity (Wildman–Crippen MR) is 119 cm³/mol. The Bertz CT molecular complexity index is 1260. The number of hydrogen-bond acceptors (Lipinski definition) is 2. The summed E-state index contributed by atoms with van der Waals surface area (Å²) in [5.41, 5.74) is 1.61. The number of amides is 2. The molecule has 2 amide bonds.